The van der Waals surface area contributed by atoms with E-state index < -0.39 is 88.4 Å². The van der Waals surface area contributed by atoms with Gasteiger partial charge in [-0.05, 0) is 56.2 Å². The zero-order valence-corrected chi connectivity index (χ0v) is 48.0. The Labute approximate surface area is 477 Å². The number of nitrogens with one attached hydrogen (secondary N) is 5. The highest BCUT2D eigenvalue weighted by Gasteiger charge is 2.52. The number of imidazole rings is 1. The van der Waals surface area contributed by atoms with E-state index in [0.29, 0.717) is 49.2 Å². The smallest absolute Gasteiger partial charge is 0.474 e. The zero-order valence-electron chi connectivity index (χ0n) is 46.2. The lowest BCUT2D eigenvalue weighted by Gasteiger charge is -2.24. The summed E-state index contributed by atoms with van der Waals surface area (Å²) in [5.74, 6) is -3.69. The van der Waals surface area contributed by atoms with Crippen LogP contribution in [0.1, 0.15) is 90.9 Å². The predicted octanol–water partition coefficient (Wildman–Crippen LogP) is 4.49. The van der Waals surface area contributed by atoms with E-state index in [4.69, 9.17) is 32.3 Å². The monoisotopic (exact) mass is 1190 g/mol. The first-order valence-corrected chi connectivity index (χ1v) is 29.3. The molecular formula is C52H66N12O17P2+2. The number of hydrogen-bond acceptors (Lipinski definition) is 21. The third kappa shape index (κ3) is 16.6. The Kier molecular flexibility index (Phi) is 21.2. The minimum absolute atomic E-state index is 0.000979. The molecule has 83 heavy (non-hydrogen) atoms. The van der Waals surface area contributed by atoms with Crippen molar-refractivity contribution in [2.24, 2.45) is 17.8 Å². The summed E-state index contributed by atoms with van der Waals surface area (Å²) < 4.78 is 68.9. The molecule has 4 aromatic rings. The number of aromatic nitrogens is 6. The van der Waals surface area contributed by atoms with Crippen molar-refractivity contribution in [2.45, 2.75) is 128 Å². The third-order valence-electron chi connectivity index (χ3n) is 14.3. The van der Waals surface area contributed by atoms with Gasteiger partial charge in [-0.2, -0.15) is 4.98 Å². The van der Waals surface area contributed by atoms with Gasteiger partial charge < -0.3 is 35.1 Å². The van der Waals surface area contributed by atoms with Gasteiger partial charge >= 0.3 is 22.6 Å². The fourth-order valence-corrected chi connectivity index (χ4v) is 11.3. The summed E-state index contributed by atoms with van der Waals surface area (Å²) in [6, 6.07) is 6.23. The molecule has 444 valence electrons. The molecule has 3 aromatic heterocycles. The van der Waals surface area contributed by atoms with E-state index in [1.54, 1.807) is 57.3 Å². The molecule has 2 saturated heterocycles. The first kappa shape index (κ1) is 61.5. The number of hydrogen-bond donors (Lipinski definition) is 5. The van der Waals surface area contributed by atoms with Gasteiger partial charge in [-0.25, -0.2) is 19.7 Å². The van der Waals surface area contributed by atoms with Crippen LogP contribution in [0.3, 0.4) is 0 Å². The normalized spacial score (nSPS) is 23.3. The van der Waals surface area contributed by atoms with Crippen LogP contribution in [0.2, 0.25) is 0 Å². The number of H-pyrrole nitrogens is 1. The molecule has 7 amide bonds. The molecular weight excluding hydrogens is 1130 g/mol. The second kappa shape index (κ2) is 28.6. The van der Waals surface area contributed by atoms with Crippen LogP contribution in [0.15, 0.2) is 66.1 Å². The van der Waals surface area contributed by atoms with Crippen LogP contribution in [0.25, 0.3) is 11.2 Å². The zero-order chi connectivity index (χ0) is 59.3. The van der Waals surface area contributed by atoms with Crippen LogP contribution in [-0.4, -0.2) is 151 Å². The second-order valence-corrected chi connectivity index (χ2v) is 22.6. The molecule has 5 N–H and O–H groups in total. The molecule has 1 aromatic carbocycles. The lowest BCUT2D eigenvalue weighted by atomic mass is 10.0. The maximum Gasteiger partial charge on any atom is 0.697 e. The number of nitrogens with zero attached hydrogens (tertiary/aromatic N) is 7. The molecule has 6 heterocycles. The Morgan fingerprint density at radius 1 is 0.843 bits per heavy atom. The summed E-state index contributed by atoms with van der Waals surface area (Å²) in [5.41, 5.74) is 0.236. The molecule has 3 unspecified atom stereocenters. The fourth-order valence-electron chi connectivity index (χ4n) is 9.59. The molecule has 1 saturated carbocycles. The minimum atomic E-state index is -2.76. The Bertz CT molecular complexity index is 3110. The number of ether oxygens (including phenoxy) is 3. The average molecular weight is 1190 g/mol. The molecule has 3 aliphatic heterocycles. The van der Waals surface area contributed by atoms with E-state index >= 15 is 0 Å². The lowest BCUT2D eigenvalue weighted by Crippen LogP contribution is -2.53. The van der Waals surface area contributed by atoms with Crippen LogP contribution < -0.4 is 31.6 Å². The summed E-state index contributed by atoms with van der Waals surface area (Å²) in [4.78, 5) is 123. The number of rotatable bonds is 22. The molecule has 11 atom stereocenters. The molecule has 0 spiro atoms. The summed E-state index contributed by atoms with van der Waals surface area (Å²) in [5, 5.41) is 10.7. The van der Waals surface area contributed by atoms with Crippen molar-refractivity contribution in [2.75, 3.05) is 44.0 Å². The van der Waals surface area contributed by atoms with Crippen LogP contribution in [0.5, 0.6) is 5.88 Å². The lowest BCUT2D eigenvalue weighted by molar-refractivity contribution is -0.137. The van der Waals surface area contributed by atoms with Gasteiger partial charge in [-0.15, -0.1) is 18.1 Å². The van der Waals surface area contributed by atoms with E-state index in [0.717, 1.165) is 4.90 Å². The number of aromatic amines is 1. The van der Waals surface area contributed by atoms with E-state index in [2.05, 4.69) is 46.2 Å². The maximum absolute atomic E-state index is 13.4. The molecule has 31 heteroatoms. The topological polar surface area (TPSA) is 362 Å². The van der Waals surface area contributed by atoms with Gasteiger partial charge in [-0.3, -0.25) is 53.3 Å². The number of amides is 7. The molecule has 0 radical (unpaired) electrons. The number of fused-ring (bicyclic) bond motifs is 4. The summed E-state index contributed by atoms with van der Waals surface area (Å²) in [6.45, 7) is 6.79. The van der Waals surface area contributed by atoms with Gasteiger partial charge in [0.1, 0.15) is 50.4 Å². The molecule has 8 rings (SSSR count). The number of unbranched alkanes of at least 4 members (excludes halogenated alkanes) is 2. The summed E-state index contributed by atoms with van der Waals surface area (Å²) in [7, 11) is -3.90. The Morgan fingerprint density at radius 2 is 1.58 bits per heavy atom. The first-order valence-electron chi connectivity index (χ1n) is 27.1. The van der Waals surface area contributed by atoms with E-state index in [-0.39, 0.29) is 105 Å². The number of carbonyl (C=O) groups excluding carboxylic acids is 7. The van der Waals surface area contributed by atoms with Crippen molar-refractivity contribution in [3.8, 4) is 5.88 Å². The second-order valence-electron chi connectivity index (χ2n) is 20.7. The van der Waals surface area contributed by atoms with Crippen LogP contribution >= 0.6 is 16.5 Å². The fraction of sp³-hybridized carbons (Fsp3) is 0.538. The van der Waals surface area contributed by atoms with Gasteiger partial charge in [0, 0.05) is 90.5 Å². The highest BCUT2D eigenvalue weighted by atomic mass is 31.1. The van der Waals surface area contributed by atoms with Crippen LogP contribution in [0.4, 0.5) is 16.4 Å². The molecule has 4 aliphatic rings. The largest absolute Gasteiger partial charge is 0.697 e. The SMILES string of the molecule is CC(C)[C@H](NC(=O)CCCCCN1C(=O)C=CC1=O)C(=O)N[C@@H](C)C(=O)Nc1ccc(COC(=O)N(C)CCCC(=O)Nc2nc3c(ncn3[C@@H]3O[C@@H]4CO[P+](=O)O[C@H]5C[C@H](Oc6ccncn6)C[C@@H]5CO[P+](=O)O[C@@H]3C4C)c(=O)[nH]2)cc1. The number of carbonyl (C=O) groups is 7. The predicted molar refractivity (Wildman–Crippen MR) is 292 cm³/mol. The minimum Gasteiger partial charge on any atom is -0.474 e. The molecule has 1 aliphatic carbocycles. The highest BCUT2D eigenvalue weighted by molar-refractivity contribution is 7.33. The van der Waals surface area contributed by atoms with Crippen LogP contribution in [0, 0.1) is 17.8 Å². The van der Waals surface area contributed by atoms with Crippen molar-refractivity contribution in [1.82, 2.24) is 49.9 Å². The standard InChI is InChI=1S/C52H64N12O17P2/c1-29(2)43(58-38(65)10-7-6-8-21-63-41(67)16-17-42(63)68)48(70)56-31(4)47(69)57-34-14-12-32(13-15-34)24-75-52(72)62(5)20-9-11-39(66)59-51-60-46-44(49(71)61-51)55-28-64(46)50-45-30(3)37(79-50)26-77-82(73)80-36-23-35(78-40-18-19-53-27-54-40)22-33(36)25-76-83(74)81-45/h12-19,27-31,33,35-37,43,45,50H,6-11,20-26H2,1-5H3,(H3-2,56,57,58,59,60,61,65,66,69,70,71)/p+2/t30?,31-,33+,35+,36-,37+,43-,45+,50+/m0/s1. The van der Waals surface area contributed by atoms with Crippen molar-refractivity contribution in [3.63, 3.8) is 0 Å². The van der Waals surface area contributed by atoms with Crippen molar-refractivity contribution >= 4 is 80.8 Å². The highest BCUT2D eigenvalue weighted by Crippen LogP contribution is 2.46. The van der Waals surface area contributed by atoms with Crippen molar-refractivity contribution in [3.05, 3.63) is 77.3 Å². The van der Waals surface area contributed by atoms with Crippen molar-refractivity contribution < 1.29 is 75.0 Å². The molecule has 2 bridgehead atoms. The van der Waals surface area contributed by atoms with Gasteiger partial charge in [0.15, 0.2) is 23.5 Å². The van der Waals surface area contributed by atoms with E-state index in [1.807, 2.05) is 0 Å². The van der Waals surface area contributed by atoms with Gasteiger partial charge in [-0.1, -0.05) is 39.3 Å². The van der Waals surface area contributed by atoms with E-state index in [1.165, 1.54) is 48.2 Å². The van der Waals surface area contributed by atoms with Crippen molar-refractivity contribution in [1.29, 1.82) is 0 Å². The quantitative estimate of drug-likeness (QED) is 0.0411. The molecule has 29 nitrogen and oxygen atoms in total. The average Bonchev–Trinajstić information content (AvgIpc) is 4.30. The van der Waals surface area contributed by atoms with Gasteiger partial charge in [0.2, 0.25) is 35.5 Å². The van der Waals surface area contributed by atoms with E-state index in [9.17, 15) is 47.5 Å². The molecule has 3 fully saturated rings. The van der Waals surface area contributed by atoms with Gasteiger partial charge in [0.25, 0.3) is 17.4 Å². The summed E-state index contributed by atoms with van der Waals surface area (Å²) in [6.07, 6.45) is 4.76. The third-order valence-corrected chi connectivity index (χ3v) is 15.8. The Balaban J connectivity index is 0.755. The Hall–Kier alpha value is -7.52. The first-order chi connectivity index (χ1) is 39.8. The number of benzene rings is 1. The Morgan fingerprint density at radius 3 is 2.31 bits per heavy atom. The van der Waals surface area contributed by atoms with Gasteiger partial charge in [0.05, 0.1) is 12.4 Å². The number of imide groups is 1. The summed E-state index contributed by atoms with van der Waals surface area (Å²) >= 11 is 0. The maximum atomic E-state index is 13.4. The van der Waals surface area contributed by atoms with Crippen LogP contribution in [-0.2, 0) is 72.1 Å². The number of anilines is 2.